The van der Waals surface area contributed by atoms with Gasteiger partial charge in [0.05, 0.1) is 22.1 Å². The van der Waals surface area contributed by atoms with Crippen LogP contribution in [0.25, 0.3) is 119 Å². The van der Waals surface area contributed by atoms with Crippen molar-refractivity contribution in [2.75, 3.05) is 0 Å². The molecule has 3 aromatic heterocycles. The standard InChI is InChI=1S/C54H32N2S/c1-2-13-38-37(12-1)39-27-24-33(36-18-11-19-45-44-17-6-10-23-53(44)57-54(36)45)30-46(39)47-31-34(25-28-40(38)47)56-51-22-9-5-16-43(51)48-32-35(26-29-52(48)56)55-49-20-7-3-14-41(49)42-15-4-8-21-50(42)55/h1-32H. The maximum absolute atomic E-state index is 2.46. The highest BCUT2D eigenvalue weighted by atomic mass is 32.1. The lowest BCUT2D eigenvalue weighted by atomic mass is 9.91. The molecule has 0 radical (unpaired) electrons. The Labute approximate surface area is 331 Å². The van der Waals surface area contributed by atoms with E-state index in [-0.39, 0.29) is 0 Å². The largest absolute Gasteiger partial charge is 0.309 e. The Morgan fingerprint density at radius 1 is 0.281 bits per heavy atom. The third-order valence-corrected chi connectivity index (χ3v) is 13.5. The summed E-state index contributed by atoms with van der Waals surface area (Å²) in [6.07, 6.45) is 0. The third kappa shape index (κ3) is 4.35. The molecule has 0 saturated carbocycles. The van der Waals surface area contributed by atoms with Crippen molar-refractivity contribution in [3.63, 3.8) is 0 Å². The molecular formula is C54H32N2S. The fourth-order valence-corrected chi connectivity index (χ4v) is 11.0. The van der Waals surface area contributed by atoms with Gasteiger partial charge in [0, 0.05) is 53.1 Å². The van der Waals surface area contributed by atoms with E-state index in [0.717, 1.165) is 5.69 Å². The molecule has 0 spiro atoms. The summed E-state index contributed by atoms with van der Waals surface area (Å²) in [6, 6.07) is 72.0. The van der Waals surface area contributed by atoms with Crippen LogP contribution < -0.4 is 0 Å². The van der Waals surface area contributed by atoms with Gasteiger partial charge in [-0.05, 0) is 104 Å². The predicted octanol–water partition coefficient (Wildman–Crippen LogP) is 15.4. The lowest BCUT2D eigenvalue weighted by Gasteiger charge is -2.15. The van der Waals surface area contributed by atoms with E-state index < -0.39 is 0 Å². The molecule has 3 heteroatoms. The molecule has 0 fully saturated rings. The number of rotatable bonds is 3. The quantitative estimate of drug-likeness (QED) is 0.160. The molecule has 13 aromatic rings. The molecular weight excluding hydrogens is 709 g/mol. The number of benzene rings is 10. The minimum atomic E-state index is 1.16. The van der Waals surface area contributed by atoms with Crippen LogP contribution in [-0.2, 0) is 0 Å². The third-order valence-electron chi connectivity index (χ3n) is 12.3. The molecule has 0 aliphatic heterocycles. The molecule has 0 aliphatic carbocycles. The van der Waals surface area contributed by atoms with Crippen molar-refractivity contribution in [1.82, 2.24) is 9.13 Å². The van der Waals surface area contributed by atoms with Crippen molar-refractivity contribution in [2.24, 2.45) is 0 Å². The Bertz CT molecular complexity index is 3770. The van der Waals surface area contributed by atoms with Crippen LogP contribution in [-0.4, -0.2) is 9.13 Å². The van der Waals surface area contributed by atoms with Crippen LogP contribution in [0.4, 0.5) is 0 Å². The monoisotopic (exact) mass is 740 g/mol. The lowest BCUT2D eigenvalue weighted by Crippen LogP contribution is -1.96. The average Bonchev–Trinajstić information content (AvgIpc) is 3.94. The summed E-state index contributed by atoms with van der Waals surface area (Å²) in [5.74, 6) is 0. The average molecular weight is 741 g/mol. The van der Waals surface area contributed by atoms with Crippen LogP contribution in [0.1, 0.15) is 0 Å². The number of nitrogens with zero attached hydrogens (tertiary/aromatic N) is 2. The first kappa shape index (κ1) is 31.1. The highest BCUT2D eigenvalue weighted by Crippen LogP contribution is 2.44. The number of para-hydroxylation sites is 3. The van der Waals surface area contributed by atoms with E-state index >= 15 is 0 Å². The highest BCUT2D eigenvalue weighted by molar-refractivity contribution is 7.26. The lowest BCUT2D eigenvalue weighted by molar-refractivity contribution is 1.17. The van der Waals surface area contributed by atoms with Crippen molar-refractivity contribution < 1.29 is 0 Å². The van der Waals surface area contributed by atoms with Gasteiger partial charge >= 0.3 is 0 Å². The van der Waals surface area contributed by atoms with Crippen LogP contribution in [0.3, 0.4) is 0 Å². The van der Waals surface area contributed by atoms with E-state index in [0.29, 0.717) is 0 Å². The van der Waals surface area contributed by atoms with Gasteiger partial charge in [-0.3, -0.25) is 0 Å². The summed E-state index contributed by atoms with van der Waals surface area (Å²) in [4.78, 5) is 0. The molecule has 264 valence electrons. The van der Waals surface area contributed by atoms with E-state index in [2.05, 4.69) is 203 Å². The Morgan fingerprint density at radius 2 is 0.737 bits per heavy atom. The fraction of sp³-hybridized carbons (Fsp3) is 0. The van der Waals surface area contributed by atoms with Gasteiger partial charge in [-0.1, -0.05) is 133 Å². The van der Waals surface area contributed by atoms with Crippen molar-refractivity contribution >= 4 is 107 Å². The van der Waals surface area contributed by atoms with Gasteiger partial charge in [0.15, 0.2) is 0 Å². The van der Waals surface area contributed by atoms with E-state index in [1.807, 2.05) is 11.3 Å². The van der Waals surface area contributed by atoms with E-state index in [1.54, 1.807) is 0 Å². The molecule has 0 N–H and O–H groups in total. The molecule has 0 aliphatic rings. The molecule has 3 heterocycles. The predicted molar refractivity (Wildman–Crippen MR) is 246 cm³/mol. The fourth-order valence-electron chi connectivity index (χ4n) is 9.80. The van der Waals surface area contributed by atoms with Gasteiger partial charge in [0.25, 0.3) is 0 Å². The van der Waals surface area contributed by atoms with Gasteiger partial charge in [-0.25, -0.2) is 0 Å². The second-order valence-electron chi connectivity index (χ2n) is 15.2. The highest BCUT2D eigenvalue weighted by Gasteiger charge is 2.18. The zero-order valence-electron chi connectivity index (χ0n) is 30.8. The van der Waals surface area contributed by atoms with Crippen LogP contribution >= 0.6 is 11.3 Å². The number of hydrogen-bond donors (Lipinski definition) is 0. The smallest absolute Gasteiger partial charge is 0.0542 e. The zero-order valence-corrected chi connectivity index (χ0v) is 31.6. The van der Waals surface area contributed by atoms with Gasteiger partial charge in [-0.15, -0.1) is 11.3 Å². The van der Waals surface area contributed by atoms with Gasteiger partial charge in [-0.2, -0.15) is 0 Å². The first-order valence-corrected chi connectivity index (χ1v) is 20.4. The Balaban J connectivity index is 1.06. The van der Waals surface area contributed by atoms with Gasteiger partial charge in [0.1, 0.15) is 0 Å². The minimum Gasteiger partial charge on any atom is -0.309 e. The number of aromatic nitrogens is 2. The molecule has 2 nitrogen and oxygen atoms in total. The van der Waals surface area contributed by atoms with E-state index in [1.165, 1.54) is 113 Å². The molecule has 57 heavy (non-hydrogen) atoms. The molecule has 0 amide bonds. The van der Waals surface area contributed by atoms with Crippen molar-refractivity contribution in [1.29, 1.82) is 0 Å². The molecule has 0 atom stereocenters. The first-order valence-electron chi connectivity index (χ1n) is 19.6. The number of fused-ring (bicyclic) bond motifs is 15. The maximum Gasteiger partial charge on any atom is 0.0542 e. The topological polar surface area (TPSA) is 9.86 Å². The minimum absolute atomic E-state index is 1.16. The van der Waals surface area contributed by atoms with Crippen molar-refractivity contribution in [3.05, 3.63) is 194 Å². The summed E-state index contributed by atoms with van der Waals surface area (Å²) in [5.41, 5.74) is 9.70. The normalized spacial score (nSPS) is 12.2. The van der Waals surface area contributed by atoms with Crippen molar-refractivity contribution in [2.45, 2.75) is 0 Å². The second kappa shape index (κ2) is 11.7. The summed E-state index contributed by atoms with van der Waals surface area (Å²) < 4.78 is 7.55. The van der Waals surface area contributed by atoms with Crippen LogP contribution in [0, 0.1) is 0 Å². The van der Waals surface area contributed by atoms with E-state index in [9.17, 15) is 0 Å². The summed E-state index contributed by atoms with van der Waals surface area (Å²) in [7, 11) is 0. The second-order valence-corrected chi connectivity index (χ2v) is 16.3. The Morgan fingerprint density at radius 3 is 1.40 bits per heavy atom. The molecule has 0 bridgehead atoms. The molecule has 10 aromatic carbocycles. The van der Waals surface area contributed by atoms with Gasteiger partial charge in [0.2, 0.25) is 0 Å². The number of hydrogen-bond acceptors (Lipinski definition) is 1. The Kier molecular flexibility index (Phi) is 6.35. The Hall–Kier alpha value is -7.20. The van der Waals surface area contributed by atoms with Crippen LogP contribution in [0.5, 0.6) is 0 Å². The molecule has 0 unspecified atom stereocenters. The van der Waals surface area contributed by atoms with Gasteiger partial charge < -0.3 is 9.13 Å². The van der Waals surface area contributed by atoms with Crippen LogP contribution in [0.15, 0.2) is 194 Å². The number of thiophene rings is 1. The van der Waals surface area contributed by atoms with Crippen LogP contribution in [0.2, 0.25) is 0 Å². The van der Waals surface area contributed by atoms with E-state index in [4.69, 9.17) is 0 Å². The molecule has 13 rings (SSSR count). The zero-order chi connectivity index (χ0) is 37.2. The maximum atomic E-state index is 2.46. The summed E-state index contributed by atoms with van der Waals surface area (Å²) in [6.45, 7) is 0. The SMILES string of the molecule is c1ccc2c(c1)sc1c(-c3ccc4c5ccccc5c5ccc(-n6c7ccccc7c7cc(-n8c9ccccc9c9ccccc98)ccc76)cc5c4c3)cccc12. The summed E-state index contributed by atoms with van der Waals surface area (Å²) >= 11 is 1.89. The van der Waals surface area contributed by atoms with Crippen molar-refractivity contribution in [3.8, 4) is 22.5 Å². The first-order chi connectivity index (χ1) is 28.3. The summed E-state index contributed by atoms with van der Waals surface area (Å²) in [5, 5.41) is 15.3. The molecule has 0 saturated heterocycles.